The summed E-state index contributed by atoms with van der Waals surface area (Å²) in [6.07, 6.45) is 8.02. The zero-order valence-electron chi connectivity index (χ0n) is 15.0. The van der Waals surface area contributed by atoms with Crippen molar-refractivity contribution < 1.29 is 4.74 Å². The van der Waals surface area contributed by atoms with Gasteiger partial charge in [-0.05, 0) is 48.3 Å². The molecule has 1 aliphatic heterocycles. The number of rotatable bonds is 8. The molecular formula is C18H28BNOSSi. The zero-order valence-corrected chi connectivity index (χ0v) is 16.8. The molecule has 1 N–H and O–H groups in total. The van der Waals surface area contributed by atoms with Crippen LogP contribution in [-0.4, -0.2) is 29.3 Å². The van der Waals surface area contributed by atoms with Crippen molar-refractivity contribution in [1.82, 2.24) is 5.32 Å². The van der Waals surface area contributed by atoms with Gasteiger partial charge >= 0.3 is 0 Å². The third-order valence-corrected chi connectivity index (χ3v) is 5.80. The monoisotopic (exact) mass is 345 g/mol. The standard InChI is InChI=1S/C18H28BNOSSi/c1-6-7-8-16(19)18(17-13-15(2)9-11-22-17)20-14-21-10-12-23(3,4)5/h6,8-9,11,13,20H,2,10,12,14,19H2,1,3-5H3/b18-16+. The van der Waals surface area contributed by atoms with E-state index >= 15 is 0 Å². The lowest BCUT2D eigenvalue weighted by Crippen LogP contribution is -2.25. The van der Waals surface area contributed by atoms with Crippen LogP contribution in [0.2, 0.25) is 25.7 Å². The smallest absolute Gasteiger partial charge is 0.142 e. The van der Waals surface area contributed by atoms with E-state index < -0.39 is 8.07 Å². The van der Waals surface area contributed by atoms with Gasteiger partial charge in [0.2, 0.25) is 0 Å². The fraction of sp³-hybridized carbons (Fsp3) is 0.389. The number of hydrogen-bond donors (Lipinski definition) is 1. The van der Waals surface area contributed by atoms with Crippen LogP contribution in [0, 0.1) is 0 Å². The minimum Gasteiger partial charge on any atom is -0.362 e. The van der Waals surface area contributed by atoms with Gasteiger partial charge in [0.25, 0.3) is 0 Å². The predicted molar refractivity (Wildman–Crippen MR) is 110 cm³/mol. The fourth-order valence-corrected chi connectivity index (χ4v) is 3.57. The van der Waals surface area contributed by atoms with E-state index in [1.807, 2.05) is 25.2 Å². The molecule has 124 valence electrons. The molecule has 1 aliphatic rings. The van der Waals surface area contributed by atoms with Crippen molar-refractivity contribution in [2.75, 3.05) is 13.3 Å². The van der Waals surface area contributed by atoms with Crippen LogP contribution < -0.4 is 5.32 Å². The third-order valence-electron chi connectivity index (χ3n) is 3.25. The maximum atomic E-state index is 5.78. The van der Waals surface area contributed by atoms with Gasteiger partial charge < -0.3 is 10.1 Å². The second-order valence-corrected chi connectivity index (χ2v) is 13.3. The van der Waals surface area contributed by atoms with Gasteiger partial charge in [0.15, 0.2) is 0 Å². The van der Waals surface area contributed by atoms with Crippen LogP contribution in [0.3, 0.4) is 0 Å². The van der Waals surface area contributed by atoms with Crippen LogP contribution in [0.15, 0.2) is 63.7 Å². The molecule has 2 nitrogen and oxygen atoms in total. The summed E-state index contributed by atoms with van der Waals surface area (Å²) in [5.74, 6) is 0. The van der Waals surface area contributed by atoms with Gasteiger partial charge in [-0.2, -0.15) is 0 Å². The lowest BCUT2D eigenvalue weighted by atomic mass is 9.92. The normalized spacial score (nSPS) is 15.5. The van der Waals surface area contributed by atoms with Gasteiger partial charge in [0.05, 0.1) is 0 Å². The molecule has 1 heterocycles. The van der Waals surface area contributed by atoms with Crippen molar-refractivity contribution >= 4 is 27.7 Å². The van der Waals surface area contributed by atoms with E-state index in [4.69, 9.17) is 4.74 Å². The second kappa shape index (κ2) is 9.89. The molecule has 0 fully saturated rings. The van der Waals surface area contributed by atoms with Gasteiger partial charge in [0, 0.05) is 25.3 Å². The van der Waals surface area contributed by atoms with Crippen molar-refractivity contribution in [3.63, 3.8) is 0 Å². The third kappa shape index (κ3) is 8.33. The maximum absolute atomic E-state index is 5.78. The van der Waals surface area contributed by atoms with Crippen molar-refractivity contribution in [1.29, 1.82) is 0 Å². The van der Waals surface area contributed by atoms with Crippen LogP contribution in [-0.2, 0) is 4.74 Å². The first-order valence-electron chi connectivity index (χ1n) is 7.97. The van der Waals surface area contributed by atoms with Crippen molar-refractivity contribution in [3.05, 3.63) is 63.7 Å². The molecule has 0 aliphatic carbocycles. The highest BCUT2D eigenvalue weighted by atomic mass is 32.2. The summed E-state index contributed by atoms with van der Waals surface area (Å²) in [5.41, 5.74) is 6.38. The number of nitrogens with one attached hydrogen (secondary N) is 1. The molecule has 0 aromatic heterocycles. The molecule has 23 heavy (non-hydrogen) atoms. The number of thioether (sulfide) groups is 1. The molecule has 0 aromatic rings. The molecule has 0 unspecified atom stereocenters. The van der Waals surface area contributed by atoms with E-state index in [9.17, 15) is 0 Å². The van der Waals surface area contributed by atoms with Gasteiger partial charge in [-0.25, -0.2) is 0 Å². The van der Waals surface area contributed by atoms with Crippen LogP contribution in [0.25, 0.3) is 0 Å². The highest BCUT2D eigenvalue weighted by Gasteiger charge is 2.13. The molecule has 0 spiro atoms. The molecular weight excluding hydrogens is 317 g/mol. The van der Waals surface area contributed by atoms with Gasteiger partial charge in [0.1, 0.15) is 14.6 Å². The zero-order chi connectivity index (χ0) is 17.3. The Morgan fingerprint density at radius 1 is 1.48 bits per heavy atom. The second-order valence-electron chi connectivity index (χ2n) is 6.70. The van der Waals surface area contributed by atoms with E-state index in [2.05, 4.69) is 56.6 Å². The Labute approximate surface area is 147 Å². The van der Waals surface area contributed by atoms with E-state index in [-0.39, 0.29) is 0 Å². The summed E-state index contributed by atoms with van der Waals surface area (Å²) in [5, 5.41) is 5.50. The topological polar surface area (TPSA) is 21.3 Å². The largest absolute Gasteiger partial charge is 0.362 e. The summed E-state index contributed by atoms with van der Waals surface area (Å²) in [6, 6.07) is 1.18. The van der Waals surface area contributed by atoms with Gasteiger partial charge in [-0.1, -0.05) is 43.5 Å². The first kappa shape index (κ1) is 19.9. The number of hydrogen-bond acceptors (Lipinski definition) is 3. The Morgan fingerprint density at radius 3 is 2.83 bits per heavy atom. The lowest BCUT2D eigenvalue weighted by molar-refractivity contribution is 0.136. The van der Waals surface area contributed by atoms with Crippen molar-refractivity contribution in [3.8, 4) is 0 Å². The molecule has 0 saturated carbocycles. The van der Waals surface area contributed by atoms with Crippen LogP contribution in [0.5, 0.6) is 0 Å². The SMILES string of the molecule is B/C(C=C=CC)=C(/NCOCC[Si](C)(C)C)C1=CC(=C)C=CS1. The van der Waals surface area contributed by atoms with E-state index in [1.165, 1.54) is 6.04 Å². The molecule has 5 heteroatoms. The quantitative estimate of drug-likeness (QED) is 0.235. The fourth-order valence-electron chi connectivity index (χ4n) is 1.85. The molecule has 0 saturated heterocycles. The van der Waals surface area contributed by atoms with Crippen molar-refractivity contribution in [2.24, 2.45) is 0 Å². The highest BCUT2D eigenvalue weighted by Crippen LogP contribution is 2.30. The van der Waals surface area contributed by atoms with E-state index in [1.54, 1.807) is 11.8 Å². The minimum absolute atomic E-state index is 0.523. The summed E-state index contributed by atoms with van der Waals surface area (Å²) in [4.78, 5) is 1.16. The van der Waals surface area contributed by atoms with Crippen molar-refractivity contribution in [2.45, 2.75) is 32.6 Å². The molecule has 0 amide bonds. The molecule has 1 rings (SSSR count). The first-order valence-corrected chi connectivity index (χ1v) is 12.6. The summed E-state index contributed by atoms with van der Waals surface area (Å²) in [6.45, 7) is 14.4. The van der Waals surface area contributed by atoms with Crippen LogP contribution in [0.4, 0.5) is 0 Å². The number of allylic oxidation sites excluding steroid dienone is 5. The average molecular weight is 345 g/mol. The van der Waals surface area contributed by atoms with Crippen LogP contribution in [0.1, 0.15) is 6.92 Å². The predicted octanol–water partition coefficient (Wildman–Crippen LogP) is 4.16. The van der Waals surface area contributed by atoms with E-state index in [0.717, 1.165) is 28.3 Å². The van der Waals surface area contributed by atoms with E-state index in [0.29, 0.717) is 6.73 Å². The Hall–Kier alpha value is -1.13. The molecule has 0 aromatic carbocycles. The average Bonchev–Trinajstić information content (AvgIpc) is 2.47. The summed E-state index contributed by atoms with van der Waals surface area (Å²) >= 11 is 1.70. The lowest BCUT2D eigenvalue weighted by Gasteiger charge is -2.19. The minimum atomic E-state index is -1.04. The molecule has 0 bridgehead atoms. The molecule has 0 radical (unpaired) electrons. The highest BCUT2D eigenvalue weighted by molar-refractivity contribution is 8.06. The number of ether oxygens (including phenoxy) is 1. The Balaban J connectivity index is 2.74. The Morgan fingerprint density at radius 2 is 2.22 bits per heavy atom. The van der Waals surface area contributed by atoms with Crippen LogP contribution >= 0.6 is 11.8 Å². The van der Waals surface area contributed by atoms with Gasteiger partial charge in [-0.15, -0.1) is 5.73 Å². The summed E-state index contributed by atoms with van der Waals surface area (Å²) < 4.78 is 5.78. The maximum Gasteiger partial charge on any atom is 0.142 e. The summed E-state index contributed by atoms with van der Waals surface area (Å²) in [7, 11) is 1.05. The van der Waals surface area contributed by atoms with Gasteiger partial charge in [-0.3, -0.25) is 0 Å². The Bertz CT molecular complexity index is 578. The first-order chi connectivity index (χ1) is 10.8. The molecule has 0 atom stereocenters. The Kier molecular flexibility index (Phi) is 8.56.